The lowest BCUT2D eigenvalue weighted by molar-refractivity contribution is -0.205. The first-order chi connectivity index (χ1) is 6.47. The molecule has 84 valence electrons. The molecule has 1 saturated carbocycles. The number of hydrogen-bond acceptors (Lipinski definition) is 1. The molecule has 0 unspecified atom stereocenters. The Hall–Kier alpha value is 0.480. The fourth-order valence-corrected chi connectivity index (χ4v) is 2.73. The second-order valence-electron chi connectivity index (χ2n) is 3.78. The molecular formula is C9H14F3IO. The normalized spacial score (nSPS) is 22.3. The fourth-order valence-electron chi connectivity index (χ4n) is 1.75. The average molecular weight is 322 g/mol. The molecule has 1 aliphatic rings. The molecule has 0 N–H and O–H groups in total. The van der Waals surface area contributed by atoms with Crippen molar-refractivity contribution < 1.29 is 17.9 Å². The van der Waals surface area contributed by atoms with E-state index in [1.807, 2.05) is 0 Å². The molecule has 0 bridgehead atoms. The summed E-state index contributed by atoms with van der Waals surface area (Å²) >= 11 is 2.12. The lowest BCUT2D eigenvalue weighted by Crippen LogP contribution is -2.39. The Morgan fingerprint density at radius 1 is 1.14 bits per heavy atom. The van der Waals surface area contributed by atoms with Crippen LogP contribution in [-0.2, 0) is 4.74 Å². The first-order valence-electron chi connectivity index (χ1n) is 4.74. The summed E-state index contributed by atoms with van der Waals surface area (Å²) < 4.78 is 41.7. The van der Waals surface area contributed by atoms with Crippen LogP contribution in [0, 0.1) is 0 Å². The highest BCUT2D eigenvalue weighted by molar-refractivity contribution is 14.1. The molecule has 1 aliphatic carbocycles. The summed E-state index contributed by atoms with van der Waals surface area (Å²) in [6, 6.07) is 0. The zero-order chi connectivity index (χ0) is 10.7. The molecule has 1 rings (SSSR count). The third-order valence-electron chi connectivity index (χ3n) is 2.55. The van der Waals surface area contributed by atoms with Gasteiger partial charge in [0.1, 0.15) is 6.61 Å². The molecule has 5 heteroatoms. The zero-order valence-corrected chi connectivity index (χ0v) is 10.0. The van der Waals surface area contributed by atoms with Crippen molar-refractivity contribution in [1.82, 2.24) is 0 Å². The Kier molecular flexibility index (Phi) is 4.49. The second-order valence-corrected chi connectivity index (χ2v) is 4.54. The maximum atomic E-state index is 12.0. The summed E-state index contributed by atoms with van der Waals surface area (Å²) in [5.74, 6) is 0. The highest BCUT2D eigenvalue weighted by Gasteiger charge is 2.37. The molecule has 1 nitrogen and oxygen atoms in total. The van der Waals surface area contributed by atoms with Gasteiger partial charge in [0, 0.05) is 4.43 Å². The van der Waals surface area contributed by atoms with Crippen LogP contribution in [0.5, 0.6) is 0 Å². The van der Waals surface area contributed by atoms with Crippen molar-refractivity contribution in [3.63, 3.8) is 0 Å². The summed E-state index contributed by atoms with van der Waals surface area (Å²) in [7, 11) is 0. The van der Waals surface area contributed by atoms with Gasteiger partial charge in [-0.3, -0.25) is 0 Å². The number of halogens is 4. The SMILES string of the molecule is FC(F)(F)COC1(CI)CCCCC1. The van der Waals surface area contributed by atoms with Gasteiger partial charge in [-0.05, 0) is 12.8 Å². The third kappa shape index (κ3) is 3.92. The van der Waals surface area contributed by atoms with Gasteiger partial charge in [-0.25, -0.2) is 0 Å². The van der Waals surface area contributed by atoms with Crippen LogP contribution < -0.4 is 0 Å². The zero-order valence-electron chi connectivity index (χ0n) is 7.87. The molecular weight excluding hydrogens is 308 g/mol. The minimum Gasteiger partial charge on any atom is -0.365 e. The molecule has 0 heterocycles. The number of ether oxygens (including phenoxy) is 1. The maximum absolute atomic E-state index is 12.0. The highest BCUT2D eigenvalue weighted by atomic mass is 127. The Labute approximate surface area is 95.5 Å². The molecule has 0 radical (unpaired) electrons. The van der Waals surface area contributed by atoms with Gasteiger partial charge in [0.15, 0.2) is 0 Å². The lowest BCUT2D eigenvalue weighted by Gasteiger charge is -2.36. The van der Waals surface area contributed by atoms with Gasteiger partial charge in [0.25, 0.3) is 0 Å². The summed E-state index contributed by atoms with van der Waals surface area (Å²) in [6.07, 6.45) is 0.434. The molecule has 0 spiro atoms. The first kappa shape index (κ1) is 12.5. The van der Waals surface area contributed by atoms with Crippen LogP contribution in [0.1, 0.15) is 32.1 Å². The van der Waals surface area contributed by atoms with E-state index in [0.29, 0.717) is 4.43 Å². The standard InChI is InChI=1S/C9H14F3IO/c10-9(11,12)7-14-8(6-13)4-2-1-3-5-8/h1-7H2. The van der Waals surface area contributed by atoms with Crippen molar-refractivity contribution in [2.24, 2.45) is 0 Å². The van der Waals surface area contributed by atoms with Crippen molar-refractivity contribution >= 4 is 22.6 Å². The molecule has 0 aromatic rings. The van der Waals surface area contributed by atoms with E-state index >= 15 is 0 Å². The lowest BCUT2D eigenvalue weighted by atomic mass is 9.86. The predicted molar refractivity (Wildman–Crippen MR) is 56.7 cm³/mol. The molecule has 14 heavy (non-hydrogen) atoms. The minimum atomic E-state index is -4.20. The van der Waals surface area contributed by atoms with Crippen LogP contribution in [0.3, 0.4) is 0 Å². The van der Waals surface area contributed by atoms with Crippen molar-refractivity contribution in [2.45, 2.75) is 43.9 Å². The summed E-state index contributed by atoms with van der Waals surface area (Å²) in [5.41, 5.74) is -0.506. The van der Waals surface area contributed by atoms with Gasteiger partial charge in [0.05, 0.1) is 5.60 Å². The predicted octanol–water partition coefficient (Wildman–Crippen LogP) is 3.70. The van der Waals surface area contributed by atoms with Gasteiger partial charge in [-0.2, -0.15) is 13.2 Å². The topological polar surface area (TPSA) is 9.23 Å². The van der Waals surface area contributed by atoms with Crippen LogP contribution in [0.4, 0.5) is 13.2 Å². The van der Waals surface area contributed by atoms with Crippen LogP contribution in [0.2, 0.25) is 0 Å². The van der Waals surface area contributed by atoms with Crippen molar-refractivity contribution in [3.05, 3.63) is 0 Å². The number of hydrogen-bond donors (Lipinski definition) is 0. The summed E-state index contributed by atoms with van der Waals surface area (Å²) in [6.45, 7) is -1.10. The Balaban J connectivity index is 2.44. The second kappa shape index (κ2) is 5.01. The van der Waals surface area contributed by atoms with Crippen molar-refractivity contribution in [3.8, 4) is 0 Å². The monoisotopic (exact) mass is 322 g/mol. The molecule has 0 aromatic carbocycles. The van der Waals surface area contributed by atoms with E-state index in [-0.39, 0.29) is 0 Å². The van der Waals surface area contributed by atoms with Crippen LogP contribution in [0.25, 0.3) is 0 Å². The number of alkyl halides is 4. The van der Waals surface area contributed by atoms with Crippen LogP contribution in [-0.4, -0.2) is 22.8 Å². The summed E-state index contributed by atoms with van der Waals surface area (Å²) in [4.78, 5) is 0. The fraction of sp³-hybridized carbons (Fsp3) is 1.00. The Morgan fingerprint density at radius 2 is 1.71 bits per heavy atom. The van der Waals surface area contributed by atoms with E-state index in [1.54, 1.807) is 0 Å². The Morgan fingerprint density at radius 3 is 2.14 bits per heavy atom. The molecule has 1 fully saturated rings. The molecule has 0 saturated heterocycles. The van der Waals surface area contributed by atoms with Gasteiger partial charge in [-0.1, -0.05) is 41.9 Å². The van der Waals surface area contributed by atoms with E-state index < -0.39 is 18.4 Å². The average Bonchev–Trinajstić information content (AvgIpc) is 2.15. The van der Waals surface area contributed by atoms with Gasteiger partial charge < -0.3 is 4.74 Å². The van der Waals surface area contributed by atoms with E-state index in [1.165, 1.54) is 0 Å². The smallest absolute Gasteiger partial charge is 0.365 e. The van der Waals surface area contributed by atoms with E-state index in [0.717, 1.165) is 32.1 Å². The third-order valence-corrected chi connectivity index (χ3v) is 3.94. The maximum Gasteiger partial charge on any atom is 0.411 e. The quantitative estimate of drug-likeness (QED) is 0.569. The molecule has 0 atom stereocenters. The van der Waals surface area contributed by atoms with Crippen molar-refractivity contribution in [2.75, 3.05) is 11.0 Å². The Bertz CT molecular complexity index is 175. The number of rotatable bonds is 3. The first-order valence-corrected chi connectivity index (χ1v) is 6.27. The van der Waals surface area contributed by atoms with Gasteiger partial charge in [-0.15, -0.1) is 0 Å². The molecule has 0 aliphatic heterocycles. The van der Waals surface area contributed by atoms with Gasteiger partial charge in [0.2, 0.25) is 0 Å². The highest BCUT2D eigenvalue weighted by Crippen LogP contribution is 2.34. The summed E-state index contributed by atoms with van der Waals surface area (Å²) in [5, 5.41) is 0. The largest absolute Gasteiger partial charge is 0.411 e. The van der Waals surface area contributed by atoms with E-state index in [9.17, 15) is 13.2 Å². The van der Waals surface area contributed by atoms with Crippen LogP contribution >= 0.6 is 22.6 Å². The van der Waals surface area contributed by atoms with Crippen LogP contribution in [0.15, 0.2) is 0 Å². The van der Waals surface area contributed by atoms with E-state index in [2.05, 4.69) is 22.6 Å². The van der Waals surface area contributed by atoms with Gasteiger partial charge >= 0.3 is 6.18 Å². The molecule has 0 aromatic heterocycles. The van der Waals surface area contributed by atoms with E-state index in [4.69, 9.17) is 4.74 Å². The molecule has 0 amide bonds. The van der Waals surface area contributed by atoms with Crippen molar-refractivity contribution in [1.29, 1.82) is 0 Å². The minimum absolute atomic E-state index is 0.506.